The third-order valence-corrected chi connectivity index (χ3v) is 4.82. The van der Waals surface area contributed by atoms with Crippen molar-refractivity contribution < 1.29 is 4.79 Å². The highest BCUT2D eigenvalue weighted by Crippen LogP contribution is 2.25. The Hall–Kier alpha value is -0.670. The molecule has 1 aromatic rings. The van der Waals surface area contributed by atoms with Crippen LogP contribution in [0.4, 0.5) is 0 Å². The predicted octanol–water partition coefficient (Wildman–Crippen LogP) is 4.08. The molecule has 3 heteroatoms. The number of hydrogen-bond donors (Lipinski definition) is 1. The monoisotopic (exact) mass is 337 g/mol. The van der Waals surface area contributed by atoms with Gasteiger partial charge in [0.25, 0.3) is 0 Å². The summed E-state index contributed by atoms with van der Waals surface area (Å²) in [4.78, 5) is 11.2. The van der Waals surface area contributed by atoms with E-state index in [1.807, 2.05) is 0 Å². The third kappa shape index (κ3) is 4.42. The van der Waals surface area contributed by atoms with Gasteiger partial charge in [0.1, 0.15) is 5.78 Å². The van der Waals surface area contributed by atoms with Crippen molar-refractivity contribution in [1.29, 1.82) is 0 Å². The lowest BCUT2D eigenvalue weighted by Crippen LogP contribution is -2.36. The predicted molar refractivity (Wildman–Crippen MR) is 87.0 cm³/mol. The minimum Gasteiger partial charge on any atom is -0.316 e. The summed E-state index contributed by atoms with van der Waals surface area (Å²) < 4.78 is 1.12. The first kappa shape index (κ1) is 15.7. The fourth-order valence-electron chi connectivity index (χ4n) is 2.80. The zero-order valence-corrected chi connectivity index (χ0v) is 14.0. The number of benzene rings is 1. The zero-order valence-electron chi connectivity index (χ0n) is 12.4. The number of hydrogen-bond acceptors (Lipinski definition) is 2. The standard InChI is InChI=1S/C17H24BrNO/c1-17(2,14-5-7-15(18)8-6-14)12-19-11-13-3-9-16(20)10-4-13/h5-8,13,19H,3-4,9-12H2,1-2H3. The minimum atomic E-state index is 0.130. The molecule has 0 atom stereocenters. The molecule has 0 aromatic heterocycles. The Morgan fingerprint density at radius 3 is 2.40 bits per heavy atom. The molecule has 1 aliphatic carbocycles. The van der Waals surface area contributed by atoms with E-state index < -0.39 is 0 Å². The molecule has 1 fully saturated rings. The van der Waals surface area contributed by atoms with E-state index in [-0.39, 0.29) is 5.41 Å². The van der Waals surface area contributed by atoms with Crippen molar-refractivity contribution in [1.82, 2.24) is 5.32 Å². The molecule has 0 aliphatic heterocycles. The van der Waals surface area contributed by atoms with Gasteiger partial charge in [-0.1, -0.05) is 41.9 Å². The van der Waals surface area contributed by atoms with Gasteiger partial charge < -0.3 is 5.32 Å². The van der Waals surface area contributed by atoms with Crippen molar-refractivity contribution >= 4 is 21.7 Å². The Bertz CT molecular complexity index is 443. The van der Waals surface area contributed by atoms with Gasteiger partial charge in [0.2, 0.25) is 0 Å². The Labute approximate surface area is 130 Å². The van der Waals surface area contributed by atoms with E-state index >= 15 is 0 Å². The van der Waals surface area contributed by atoms with E-state index in [1.165, 1.54) is 5.56 Å². The number of nitrogens with one attached hydrogen (secondary N) is 1. The summed E-state index contributed by atoms with van der Waals surface area (Å²) in [7, 11) is 0. The second-order valence-corrected chi connectivity index (χ2v) is 7.42. The SMILES string of the molecule is CC(C)(CNCC1CCC(=O)CC1)c1ccc(Br)cc1. The van der Waals surface area contributed by atoms with Crippen LogP contribution < -0.4 is 5.32 Å². The van der Waals surface area contributed by atoms with Crippen molar-refractivity contribution in [3.05, 3.63) is 34.3 Å². The highest BCUT2D eigenvalue weighted by Gasteiger charge is 2.22. The second-order valence-electron chi connectivity index (χ2n) is 6.50. The first-order chi connectivity index (χ1) is 9.47. The number of carbonyl (C=O) groups is 1. The highest BCUT2D eigenvalue weighted by molar-refractivity contribution is 9.10. The largest absolute Gasteiger partial charge is 0.316 e. The molecule has 1 aromatic carbocycles. The average Bonchev–Trinajstić information content (AvgIpc) is 2.41. The number of Topliss-reactive ketones (excluding diaryl/α,β-unsaturated/α-hetero) is 1. The van der Waals surface area contributed by atoms with Crippen molar-refractivity contribution in [2.24, 2.45) is 5.92 Å². The molecule has 0 spiro atoms. The normalized spacial score (nSPS) is 17.4. The summed E-state index contributed by atoms with van der Waals surface area (Å²) in [5.41, 5.74) is 1.48. The van der Waals surface area contributed by atoms with E-state index in [1.54, 1.807) is 0 Å². The lowest BCUT2D eigenvalue weighted by atomic mass is 9.84. The van der Waals surface area contributed by atoms with Crippen LogP contribution in [0.2, 0.25) is 0 Å². The first-order valence-electron chi connectivity index (χ1n) is 7.46. The molecule has 1 N–H and O–H groups in total. The quantitative estimate of drug-likeness (QED) is 0.877. The molecule has 1 saturated carbocycles. The number of rotatable bonds is 5. The van der Waals surface area contributed by atoms with Crippen LogP contribution >= 0.6 is 15.9 Å². The van der Waals surface area contributed by atoms with Crippen LogP contribution in [0.25, 0.3) is 0 Å². The molecule has 0 bridgehead atoms. The van der Waals surface area contributed by atoms with E-state index in [4.69, 9.17) is 0 Å². The van der Waals surface area contributed by atoms with E-state index in [0.29, 0.717) is 11.7 Å². The Morgan fingerprint density at radius 2 is 1.80 bits per heavy atom. The molecule has 0 amide bonds. The van der Waals surface area contributed by atoms with Gasteiger partial charge in [0, 0.05) is 29.3 Å². The van der Waals surface area contributed by atoms with Crippen LogP contribution in [0.1, 0.15) is 45.1 Å². The molecule has 0 saturated heterocycles. The molecule has 2 rings (SSSR count). The van der Waals surface area contributed by atoms with Crippen LogP contribution in [0.15, 0.2) is 28.7 Å². The molecule has 0 heterocycles. The van der Waals surface area contributed by atoms with Crippen LogP contribution in [-0.2, 0) is 10.2 Å². The lowest BCUT2D eigenvalue weighted by Gasteiger charge is -2.28. The van der Waals surface area contributed by atoms with Crippen LogP contribution in [-0.4, -0.2) is 18.9 Å². The van der Waals surface area contributed by atoms with Gasteiger partial charge in [-0.2, -0.15) is 0 Å². The van der Waals surface area contributed by atoms with Gasteiger partial charge in [0.05, 0.1) is 0 Å². The minimum absolute atomic E-state index is 0.130. The maximum Gasteiger partial charge on any atom is 0.132 e. The number of carbonyl (C=O) groups excluding carboxylic acids is 1. The summed E-state index contributed by atoms with van der Waals surface area (Å²) in [5.74, 6) is 1.12. The van der Waals surface area contributed by atoms with Gasteiger partial charge in [-0.3, -0.25) is 4.79 Å². The van der Waals surface area contributed by atoms with Crippen molar-refractivity contribution in [2.75, 3.05) is 13.1 Å². The van der Waals surface area contributed by atoms with Crippen LogP contribution in [0.3, 0.4) is 0 Å². The van der Waals surface area contributed by atoms with Gasteiger partial charge in [-0.05, 0) is 43.0 Å². The average molecular weight is 338 g/mol. The highest BCUT2D eigenvalue weighted by atomic mass is 79.9. The maximum atomic E-state index is 11.2. The van der Waals surface area contributed by atoms with E-state index in [0.717, 1.165) is 43.2 Å². The maximum absolute atomic E-state index is 11.2. The molecular weight excluding hydrogens is 314 g/mol. The fourth-order valence-corrected chi connectivity index (χ4v) is 3.06. The first-order valence-corrected chi connectivity index (χ1v) is 8.25. The Kier molecular flexibility index (Phi) is 5.39. The van der Waals surface area contributed by atoms with Gasteiger partial charge in [-0.15, -0.1) is 0 Å². The lowest BCUT2D eigenvalue weighted by molar-refractivity contribution is -0.120. The molecule has 0 unspecified atom stereocenters. The van der Waals surface area contributed by atoms with Crippen molar-refractivity contribution in [3.63, 3.8) is 0 Å². The van der Waals surface area contributed by atoms with Crippen molar-refractivity contribution in [3.8, 4) is 0 Å². The van der Waals surface area contributed by atoms with Crippen molar-refractivity contribution in [2.45, 2.75) is 44.9 Å². The summed E-state index contributed by atoms with van der Waals surface area (Å²) in [5, 5.41) is 3.60. The zero-order chi connectivity index (χ0) is 14.6. The number of halogens is 1. The summed E-state index contributed by atoms with van der Waals surface area (Å²) in [6.45, 7) is 6.55. The van der Waals surface area contributed by atoms with Crippen LogP contribution in [0.5, 0.6) is 0 Å². The summed E-state index contributed by atoms with van der Waals surface area (Å²) in [6.07, 6.45) is 3.68. The van der Waals surface area contributed by atoms with Gasteiger partial charge in [0.15, 0.2) is 0 Å². The molecule has 0 radical (unpaired) electrons. The smallest absolute Gasteiger partial charge is 0.132 e. The molecular formula is C17H24BrNO. The molecule has 1 aliphatic rings. The van der Waals surface area contributed by atoms with Gasteiger partial charge in [-0.25, -0.2) is 0 Å². The molecule has 110 valence electrons. The topological polar surface area (TPSA) is 29.1 Å². The molecule has 2 nitrogen and oxygen atoms in total. The molecule has 20 heavy (non-hydrogen) atoms. The van der Waals surface area contributed by atoms with E-state index in [9.17, 15) is 4.79 Å². The Morgan fingerprint density at radius 1 is 1.20 bits per heavy atom. The van der Waals surface area contributed by atoms with Crippen LogP contribution in [0, 0.1) is 5.92 Å². The third-order valence-electron chi connectivity index (χ3n) is 4.29. The second kappa shape index (κ2) is 6.86. The van der Waals surface area contributed by atoms with E-state index in [2.05, 4.69) is 59.4 Å². The summed E-state index contributed by atoms with van der Waals surface area (Å²) >= 11 is 3.48. The van der Waals surface area contributed by atoms with Gasteiger partial charge >= 0.3 is 0 Å². The Balaban J connectivity index is 1.80. The fraction of sp³-hybridized carbons (Fsp3) is 0.588. The number of ketones is 1. The summed E-state index contributed by atoms with van der Waals surface area (Å²) in [6, 6.07) is 8.57.